The normalized spacial score (nSPS) is 24.9. The Hall–Kier alpha value is -2.06. The van der Waals surface area contributed by atoms with Crippen LogP contribution < -0.4 is 11.0 Å². The molecule has 2 rings (SSSR count). The molecule has 4 atom stereocenters. The summed E-state index contributed by atoms with van der Waals surface area (Å²) in [5.41, 5.74) is -0.694. The molecule has 0 bridgehead atoms. The van der Waals surface area contributed by atoms with Crippen molar-refractivity contribution in [3.63, 3.8) is 0 Å². The number of ether oxygens (including phenoxy) is 2. The number of anilines is 1. The molecule has 26 heavy (non-hydrogen) atoms. The van der Waals surface area contributed by atoms with E-state index in [0.29, 0.717) is 5.75 Å². The van der Waals surface area contributed by atoms with Gasteiger partial charge in [-0.05, 0) is 12.7 Å². The van der Waals surface area contributed by atoms with Crippen molar-refractivity contribution in [1.29, 1.82) is 0 Å². The molecule has 1 saturated heterocycles. The molecule has 0 aromatic carbocycles. The molecule has 1 aliphatic rings. The Balaban J connectivity index is 2.16. The maximum absolute atomic E-state index is 12.2. The van der Waals surface area contributed by atoms with E-state index in [1.54, 1.807) is 18.7 Å². The number of carbonyl (C=O) groups is 1. The van der Waals surface area contributed by atoms with Crippen molar-refractivity contribution < 1.29 is 24.5 Å². The van der Waals surface area contributed by atoms with E-state index in [1.165, 1.54) is 6.20 Å². The number of amides is 1. The van der Waals surface area contributed by atoms with Gasteiger partial charge in [-0.2, -0.15) is 16.7 Å². The summed E-state index contributed by atoms with van der Waals surface area (Å²) in [4.78, 5) is 27.8. The summed E-state index contributed by atoms with van der Waals surface area (Å²) in [5, 5.41) is 22.1. The molecule has 0 spiro atoms. The number of hydrogen-bond donors (Lipinski definition) is 3. The highest BCUT2D eigenvalue weighted by Gasteiger charge is 2.42. The van der Waals surface area contributed by atoms with Gasteiger partial charge >= 0.3 is 11.8 Å². The van der Waals surface area contributed by atoms with E-state index < -0.39 is 36.3 Å². The molecular formula is C16H21N3O6S. The van der Waals surface area contributed by atoms with Crippen molar-refractivity contribution >= 4 is 23.7 Å². The summed E-state index contributed by atoms with van der Waals surface area (Å²) in [6.45, 7) is 3.77. The number of terminal acetylenes is 1. The van der Waals surface area contributed by atoms with Gasteiger partial charge in [-0.3, -0.25) is 9.88 Å². The molecule has 10 heteroatoms. The average molecular weight is 383 g/mol. The Bertz CT molecular complexity index is 746. The van der Waals surface area contributed by atoms with Crippen LogP contribution in [-0.2, 0) is 9.47 Å². The minimum atomic E-state index is -1.31. The second-order valence-corrected chi connectivity index (χ2v) is 6.90. The molecule has 9 nitrogen and oxygen atoms in total. The van der Waals surface area contributed by atoms with Gasteiger partial charge in [0.1, 0.15) is 18.8 Å². The van der Waals surface area contributed by atoms with Crippen LogP contribution in [0.5, 0.6) is 0 Å². The van der Waals surface area contributed by atoms with Gasteiger partial charge in [-0.1, -0.05) is 12.8 Å². The topological polar surface area (TPSA) is 123 Å². The summed E-state index contributed by atoms with van der Waals surface area (Å²) < 4.78 is 11.4. The minimum absolute atomic E-state index is 0.106. The molecule has 0 aliphatic carbocycles. The largest absolute Gasteiger partial charge is 0.448 e. The molecule has 0 radical (unpaired) electrons. The summed E-state index contributed by atoms with van der Waals surface area (Å²) in [5.74, 6) is 3.75. The van der Waals surface area contributed by atoms with Crippen molar-refractivity contribution in [2.24, 2.45) is 0 Å². The SMILES string of the molecule is C#Cc1cn([C@@H]2O[C@H](C)[C@@H](O)[C@H]2O)c(=O)nc1NC(=O)OCCSCC. The maximum atomic E-state index is 12.2. The fourth-order valence-electron chi connectivity index (χ4n) is 2.38. The lowest BCUT2D eigenvalue weighted by Gasteiger charge is -2.18. The first-order valence-electron chi connectivity index (χ1n) is 8.02. The van der Waals surface area contributed by atoms with E-state index in [2.05, 4.69) is 16.2 Å². The Labute approximate surface area is 154 Å². The third-order valence-electron chi connectivity index (χ3n) is 3.74. The first-order chi connectivity index (χ1) is 12.4. The Morgan fingerprint density at radius 3 is 2.85 bits per heavy atom. The lowest BCUT2D eigenvalue weighted by Crippen LogP contribution is -2.36. The smallest absolute Gasteiger partial charge is 0.412 e. The highest BCUT2D eigenvalue weighted by atomic mass is 32.2. The Morgan fingerprint density at radius 2 is 2.27 bits per heavy atom. The van der Waals surface area contributed by atoms with Crippen molar-refractivity contribution in [2.45, 2.75) is 38.4 Å². The lowest BCUT2D eigenvalue weighted by atomic mass is 10.1. The van der Waals surface area contributed by atoms with Crippen LogP contribution in [0.15, 0.2) is 11.0 Å². The molecule has 142 valence electrons. The van der Waals surface area contributed by atoms with Crippen LogP contribution in [0.3, 0.4) is 0 Å². The summed E-state index contributed by atoms with van der Waals surface area (Å²) in [7, 11) is 0. The van der Waals surface area contributed by atoms with Gasteiger partial charge in [-0.15, -0.1) is 6.42 Å². The van der Waals surface area contributed by atoms with Crippen LogP contribution in [0, 0.1) is 12.3 Å². The summed E-state index contributed by atoms with van der Waals surface area (Å²) in [6.07, 6.45) is 1.64. The van der Waals surface area contributed by atoms with Crippen LogP contribution in [-0.4, -0.2) is 62.3 Å². The van der Waals surface area contributed by atoms with Gasteiger partial charge in [0.05, 0.1) is 11.7 Å². The number of thioether (sulfide) groups is 1. The number of aliphatic hydroxyl groups is 2. The molecule has 1 aliphatic heterocycles. The van der Waals surface area contributed by atoms with Crippen LogP contribution in [0.2, 0.25) is 0 Å². The van der Waals surface area contributed by atoms with Crippen molar-refractivity contribution in [2.75, 3.05) is 23.4 Å². The molecule has 1 fully saturated rings. The fraction of sp³-hybridized carbons (Fsp3) is 0.562. The summed E-state index contributed by atoms with van der Waals surface area (Å²) >= 11 is 1.62. The quantitative estimate of drug-likeness (QED) is 0.469. The zero-order valence-corrected chi connectivity index (χ0v) is 15.2. The molecule has 1 aromatic rings. The Kier molecular flexibility index (Phi) is 7.05. The number of aromatic nitrogens is 2. The van der Waals surface area contributed by atoms with Gasteiger partial charge in [-0.25, -0.2) is 9.59 Å². The molecule has 3 N–H and O–H groups in total. The number of aliphatic hydroxyl groups excluding tert-OH is 2. The number of carbonyl (C=O) groups excluding carboxylic acids is 1. The Morgan fingerprint density at radius 1 is 1.54 bits per heavy atom. The zero-order valence-electron chi connectivity index (χ0n) is 14.4. The summed E-state index contributed by atoms with van der Waals surface area (Å²) in [6, 6.07) is 0. The third-order valence-corrected chi connectivity index (χ3v) is 4.61. The van der Waals surface area contributed by atoms with Crippen molar-refractivity contribution in [3.8, 4) is 12.3 Å². The van der Waals surface area contributed by atoms with E-state index in [9.17, 15) is 19.8 Å². The molecule has 0 saturated carbocycles. The first-order valence-corrected chi connectivity index (χ1v) is 9.17. The zero-order chi connectivity index (χ0) is 19.3. The number of rotatable bonds is 6. The average Bonchev–Trinajstić information content (AvgIpc) is 2.86. The molecule has 2 heterocycles. The first kappa shape index (κ1) is 20.3. The van der Waals surface area contributed by atoms with E-state index in [1.807, 2.05) is 6.92 Å². The number of nitrogens with zero attached hydrogens (tertiary/aromatic N) is 2. The number of hydrogen-bond acceptors (Lipinski definition) is 8. The van der Waals surface area contributed by atoms with Gasteiger partial charge in [0.2, 0.25) is 0 Å². The van der Waals surface area contributed by atoms with Crippen LogP contribution in [0.4, 0.5) is 10.6 Å². The third kappa shape index (κ3) is 4.56. The van der Waals surface area contributed by atoms with Crippen molar-refractivity contribution in [1.82, 2.24) is 9.55 Å². The predicted octanol–water partition coefficient (Wildman–Crippen LogP) is 0.165. The standard InChI is InChI=1S/C16H21N3O6S/c1-4-10-8-19(14-12(21)11(20)9(3)25-14)15(22)17-13(10)18-16(23)24-6-7-26-5-2/h1,8-9,11-12,14,20-21H,5-7H2,2-3H3,(H,17,18,22,23)/t9-,11-,12-,14-/m1/s1. The van der Waals surface area contributed by atoms with Gasteiger partial charge in [0.25, 0.3) is 0 Å². The molecule has 0 unspecified atom stereocenters. The van der Waals surface area contributed by atoms with E-state index >= 15 is 0 Å². The molecular weight excluding hydrogens is 362 g/mol. The van der Waals surface area contributed by atoms with Crippen LogP contribution >= 0.6 is 11.8 Å². The monoisotopic (exact) mass is 383 g/mol. The van der Waals surface area contributed by atoms with E-state index in [0.717, 1.165) is 10.3 Å². The second kappa shape index (κ2) is 9.05. The molecule has 1 aromatic heterocycles. The van der Waals surface area contributed by atoms with Gasteiger partial charge in [0.15, 0.2) is 12.0 Å². The van der Waals surface area contributed by atoms with Crippen LogP contribution in [0.1, 0.15) is 25.6 Å². The number of nitrogens with one attached hydrogen (secondary N) is 1. The van der Waals surface area contributed by atoms with E-state index in [-0.39, 0.29) is 18.0 Å². The minimum Gasteiger partial charge on any atom is -0.448 e. The maximum Gasteiger partial charge on any atom is 0.412 e. The van der Waals surface area contributed by atoms with Gasteiger partial charge < -0.3 is 19.7 Å². The lowest BCUT2D eigenvalue weighted by molar-refractivity contribution is -0.0350. The highest BCUT2D eigenvalue weighted by molar-refractivity contribution is 7.99. The second-order valence-electron chi connectivity index (χ2n) is 5.51. The predicted molar refractivity (Wildman–Crippen MR) is 96.0 cm³/mol. The fourth-order valence-corrected chi connectivity index (χ4v) is 2.87. The molecule has 1 amide bonds. The van der Waals surface area contributed by atoms with E-state index in [4.69, 9.17) is 15.9 Å². The van der Waals surface area contributed by atoms with Crippen molar-refractivity contribution in [3.05, 3.63) is 22.2 Å². The van der Waals surface area contributed by atoms with Gasteiger partial charge in [0, 0.05) is 11.9 Å². The van der Waals surface area contributed by atoms with Crippen LogP contribution in [0.25, 0.3) is 0 Å². The highest BCUT2D eigenvalue weighted by Crippen LogP contribution is 2.28.